The molecule has 3 nitrogen and oxygen atoms in total. The van der Waals surface area contributed by atoms with Gasteiger partial charge in [-0.05, 0) is 36.6 Å². The first-order valence-corrected chi connectivity index (χ1v) is 5.00. The van der Waals surface area contributed by atoms with Gasteiger partial charge in [0.2, 0.25) is 0 Å². The lowest BCUT2D eigenvalue weighted by molar-refractivity contribution is -0.136. The monoisotopic (exact) mass is 258 g/mol. The summed E-state index contributed by atoms with van der Waals surface area (Å²) in [4.78, 5) is 10.3. The van der Waals surface area contributed by atoms with Gasteiger partial charge in [0.25, 0.3) is 0 Å². The summed E-state index contributed by atoms with van der Waals surface area (Å²) in [5, 5.41) is 18.0. The third kappa shape index (κ3) is 2.73. The van der Waals surface area contributed by atoms with Crippen LogP contribution in [-0.2, 0) is 11.2 Å². The van der Waals surface area contributed by atoms with Crippen molar-refractivity contribution < 1.29 is 15.0 Å². The van der Waals surface area contributed by atoms with Gasteiger partial charge in [0.1, 0.15) is 5.75 Å². The molecular weight excluding hydrogens is 248 g/mol. The molecule has 0 aliphatic heterocycles. The van der Waals surface area contributed by atoms with Gasteiger partial charge in [-0.1, -0.05) is 15.9 Å². The fraction of sp³-hybridized carbons (Fsp3) is 0.300. The van der Waals surface area contributed by atoms with Crippen molar-refractivity contribution >= 4 is 21.9 Å². The summed E-state index contributed by atoms with van der Waals surface area (Å²) >= 11 is 3.33. The summed E-state index contributed by atoms with van der Waals surface area (Å²) in [7, 11) is 0. The molecule has 0 radical (unpaired) electrons. The van der Waals surface area contributed by atoms with Crippen LogP contribution in [0.3, 0.4) is 0 Å². The van der Waals surface area contributed by atoms with Crippen molar-refractivity contribution in [3.63, 3.8) is 0 Å². The molecule has 0 amide bonds. The minimum Gasteiger partial charge on any atom is -0.508 e. The van der Waals surface area contributed by atoms with Gasteiger partial charge in [0.05, 0.1) is 0 Å². The summed E-state index contributed by atoms with van der Waals surface area (Å²) in [6, 6.07) is 3.38. The molecule has 0 unspecified atom stereocenters. The molecule has 76 valence electrons. The first-order valence-electron chi connectivity index (χ1n) is 4.20. The molecule has 4 heteroatoms. The maximum absolute atomic E-state index is 10.3. The lowest BCUT2D eigenvalue weighted by atomic mass is 10.1. The Morgan fingerprint density at radius 3 is 2.71 bits per heavy atom. The highest BCUT2D eigenvalue weighted by molar-refractivity contribution is 9.10. The molecule has 0 atom stereocenters. The fourth-order valence-corrected chi connectivity index (χ4v) is 1.54. The van der Waals surface area contributed by atoms with Crippen molar-refractivity contribution in [1.29, 1.82) is 0 Å². The highest BCUT2D eigenvalue weighted by Gasteiger charge is 2.06. The smallest absolute Gasteiger partial charge is 0.303 e. The number of aliphatic carboxylic acids is 1. The van der Waals surface area contributed by atoms with Gasteiger partial charge >= 0.3 is 5.97 Å². The second-order valence-electron chi connectivity index (χ2n) is 3.12. The standard InChI is InChI=1S/C10H11BrO3/c1-6-4-9(12)7(5-8(6)11)2-3-10(13)14/h4-5,12H,2-3H2,1H3,(H,13,14). The largest absolute Gasteiger partial charge is 0.508 e. The number of phenols is 1. The van der Waals surface area contributed by atoms with E-state index >= 15 is 0 Å². The van der Waals surface area contributed by atoms with Crippen LogP contribution in [0.15, 0.2) is 16.6 Å². The van der Waals surface area contributed by atoms with Crippen LogP contribution in [0.1, 0.15) is 17.5 Å². The van der Waals surface area contributed by atoms with Crippen molar-refractivity contribution in [2.45, 2.75) is 19.8 Å². The molecule has 0 saturated heterocycles. The first-order chi connectivity index (χ1) is 6.50. The Bertz CT molecular complexity index is 361. The highest BCUT2D eigenvalue weighted by Crippen LogP contribution is 2.26. The van der Waals surface area contributed by atoms with Gasteiger partial charge in [0.15, 0.2) is 0 Å². The maximum atomic E-state index is 10.3. The third-order valence-electron chi connectivity index (χ3n) is 1.97. The van der Waals surface area contributed by atoms with Crippen LogP contribution in [0, 0.1) is 6.92 Å². The second-order valence-corrected chi connectivity index (χ2v) is 3.98. The number of carbonyl (C=O) groups is 1. The lowest BCUT2D eigenvalue weighted by Gasteiger charge is -2.06. The van der Waals surface area contributed by atoms with E-state index in [0.717, 1.165) is 10.0 Å². The minimum atomic E-state index is -0.860. The zero-order chi connectivity index (χ0) is 10.7. The SMILES string of the molecule is Cc1cc(O)c(CCC(=O)O)cc1Br. The number of aryl methyl sites for hydroxylation is 2. The molecule has 0 spiro atoms. The quantitative estimate of drug-likeness (QED) is 0.876. The number of phenolic OH excluding ortho intramolecular Hbond substituents is 1. The molecule has 0 aromatic heterocycles. The molecule has 1 aromatic carbocycles. The summed E-state index contributed by atoms with van der Waals surface area (Å²) in [6.45, 7) is 1.87. The number of rotatable bonds is 3. The van der Waals surface area contributed by atoms with Gasteiger partial charge in [-0.2, -0.15) is 0 Å². The molecule has 0 aliphatic rings. The summed E-state index contributed by atoms with van der Waals surface area (Å²) in [5.74, 6) is -0.701. The number of carboxylic acids is 1. The lowest BCUT2D eigenvalue weighted by Crippen LogP contribution is -1.98. The highest BCUT2D eigenvalue weighted by atomic mass is 79.9. The van der Waals surface area contributed by atoms with E-state index < -0.39 is 5.97 Å². The van der Waals surface area contributed by atoms with Gasteiger partial charge < -0.3 is 10.2 Å². The van der Waals surface area contributed by atoms with Crippen LogP contribution in [0.5, 0.6) is 5.75 Å². The molecule has 0 heterocycles. The van der Waals surface area contributed by atoms with E-state index in [1.54, 1.807) is 12.1 Å². The van der Waals surface area contributed by atoms with E-state index in [1.807, 2.05) is 6.92 Å². The van der Waals surface area contributed by atoms with Crippen LogP contribution in [-0.4, -0.2) is 16.2 Å². The van der Waals surface area contributed by atoms with Gasteiger partial charge in [-0.3, -0.25) is 4.79 Å². The second kappa shape index (κ2) is 4.46. The van der Waals surface area contributed by atoms with E-state index in [1.165, 1.54) is 0 Å². The zero-order valence-corrected chi connectivity index (χ0v) is 9.34. The molecule has 0 saturated carbocycles. The van der Waals surface area contributed by atoms with Crippen molar-refractivity contribution in [1.82, 2.24) is 0 Å². The number of aromatic hydroxyl groups is 1. The Morgan fingerprint density at radius 2 is 2.14 bits per heavy atom. The average Bonchev–Trinajstić information content (AvgIpc) is 2.09. The number of carboxylic acid groups (broad SMARTS) is 1. The minimum absolute atomic E-state index is 0.0308. The average molecular weight is 259 g/mol. The van der Waals surface area contributed by atoms with Crippen LogP contribution >= 0.6 is 15.9 Å². The van der Waals surface area contributed by atoms with E-state index in [-0.39, 0.29) is 12.2 Å². The summed E-state index contributed by atoms with van der Waals surface area (Å²) in [5.41, 5.74) is 1.59. The normalized spacial score (nSPS) is 10.1. The van der Waals surface area contributed by atoms with Crippen LogP contribution in [0.2, 0.25) is 0 Å². The third-order valence-corrected chi connectivity index (χ3v) is 2.82. The van der Waals surface area contributed by atoms with E-state index in [9.17, 15) is 9.90 Å². The Kier molecular flexibility index (Phi) is 3.52. The molecule has 0 fully saturated rings. The Balaban J connectivity index is 2.87. The summed E-state index contributed by atoms with van der Waals surface area (Å²) < 4.78 is 0.885. The van der Waals surface area contributed by atoms with Crippen LogP contribution < -0.4 is 0 Å². The zero-order valence-electron chi connectivity index (χ0n) is 7.75. The number of halogens is 1. The molecule has 2 N–H and O–H groups in total. The number of hydrogen-bond donors (Lipinski definition) is 2. The van der Waals surface area contributed by atoms with E-state index in [4.69, 9.17) is 5.11 Å². The Labute approximate surface area is 90.5 Å². The van der Waals surface area contributed by atoms with Crippen molar-refractivity contribution in [3.05, 3.63) is 27.7 Å². The van der Waals surface area contributed by atoms with Gasteiger partial charge in [-0.25, -0.2) is 0 Å². The topological polar surface area (TPSA) is 57.5 Å². The van der Waals surface area contributed by atoms with Crippen LogP contribution in [0.25, 0.3) is 0 Å². The molecule has 0 bridgehead atoms. The number of hydrogen-bond acceptors (Lipinski definition) is 2. The van der Waals surface area contributed by atoms with Crippen molar-refractivity contribution in [2.24, 2.45) is 0 Å². The van der Waals surface area contributed by atoms with E-state index in [2.05, 4.69) is 15.9 Å². The molecule has 1 aromatic rings. The summed E-state index contributed by atoms with van der Waals surface area (Å²) in [6.07, 6.45) is 0.378. The Morgan fingerprint density at radius 1 is 1.50 bits per heavy atom. The van der Waals surface area contributed by atoms with Gasteiger partial charge in [0, 0.05) is 10.9 Å². The molecular formula is C10H11BrO3. The van der Waals surface area contributed by atoms with E-state index in [0.29, 0.717) is 12.0 Å². The molecule has 14 heavy (non-hydrogen) atoms. The Hall–Kier alpha value is -1.03. The maximum Gasteiger partial charge on any atom is 0.303 e. The van der Waals surface area contributed by atoms with Crippen molar-refractivity contribution in [2.75, 3.05) is 0 Å². The predicted octanol–water partition coefficient (Wildman–Crippen LogP) is 2.48. The first kappa shape index (κ1) is 11.0. The van der Waals surface area contributed by atoms with Crippen LogP contribution in [0.4, 0.5) is 0 Å². The molecule has 0 aliphatic carbocycles. The van der Waals surface area contributed by atoms with Crippen molar-refractivity contribution in [3.8, 4) is 5.75 Å². The molecule has 1 rings (SSSR count). The van der Waals surface area contributed by atoms with Gasteiger partial charge in [-0.15, -0.1) is 0 Å². The predicted molar refractivity (Wildman–Crippen MR) is 56.5 cm³/mol. The fourth-order valence-electron chi connectivity index (χ4n) is 1.15. The number of benzene rings is 1.